The Hall–Kier alpha value is -13.2. The fraction of sp³-hybridized carbons (Fsp3) is 0. The van der Waals surface area contributed by atoms with Gasteiger partial charge in [-0.05, 0) is 189 Å². The highest BCUT2D eigenvalue weighted by atomic mass is 16.5. The molecule has 6 nitrogen and oxygen atoms in total. The zero-order valence-electron chi connectivity index (χ0n) is 53.8. The van der Waals surface area contributed by atoms with Crippen LogP contribution in [0.1, 0.15) is 0 Å². The highest BCUT2D eigenvalue weighted by Gasteiger charge is 2.26. The standard InChI is InChI=1S/C92H67N5O/c1-10-34-68(35-11-1)91-87-56-28-30-58-89(87)92(90-59-31-29-57-88(90)91)69-36-32-53-78(60-69)97(82-62-80(93(70-37-12-2-13-38-70)71-39-14-3-15-40-71)61-81(63-82)94(72-41-16-4-17-42-72)73-43-18-5-19-44-73)79-54-33-55-85(65-79)98-86-66-83(95(74-45-20-6-21-46-74)75-47-22-7-23-48-75)64-84(67-86)96(76-49-24-8-25-50-76)77-51-26-9-27-52-77/h1-67H. The van der Waals surface area contributed by atoms with E-state index in [-0.39, 0.29) is 0 Å². The summed E-state index contributed by atoms with van der Waals surface area (Å²) in [6.45, 7) is 0. The first-order valence-corrected chi connectivity index (χ1v) is 33.2. The third-order valence-corrected chi connectivity index (χ3v) is 17.9. The number of para-hydroxylation sites is 8. The van der Waals surface area contributed by atoms with Crippen molar-refractivity contribution in [2.24, 2.45) is 0 Å². The Morgan fingerprint density at radius 1 is 0.143 bits per heavy atom. The van der Waals surface area contributed by atoms with Crippen molar-refractivity contribution in [2.75, 3.05) is 24.5 Å². The summed E-state index contributed by atoms with van der Waals surface area (Å²) < 4.78 is 7.46. The first-order chi connectivity index (χ1) is 48.6. The van der Waals surface area contributed by atoms with Crippen LogP contribution in [0.3, 0.4) is 0 Å². The van der Waals surface area contributed by atoms with Gasteiger partial charge in [-0.25, -0.2) is 0 Å². The van der Waals surface area contributed by atoms with Gasteiger partial charge in [-0.1, -0.05) is 243 Å². The Labute approximate surface area is 572 Å². The molecule has 0 N–H and O–H groups in total. The van der Waals surface area contributed by atoms with Crippen LogP contribution in [0.25, 0.3) is 43.8 Å². The molecule has 16 aromatic carbocycles. The molecule has 0 unspecified atom stereocenters. The second kappa shape index (κ2) is 27.4. The summed E-state index contributed by atoms with van der Waals surface area (Å²) >= 11 is 0. The van der Waals surface area contributed by atoms with Gasteiger partial charge < -0.3 is 29.2 Å². The monoisotopic (exact) mass is 1260 g/mol. The van der Waals surface area contributed by atoms with Gasteiger partial charge in [-0.15, -0.1) is 0 Å². The van der Waals surface area contributed by atoms with Gasteiger partial charge >= 0.3 is 0 Å². The molecule has 0 spiro atoms. The average molecular weight is 1260 g/mol. The highest BCUT2D eigenvalue weighted by Crippen LogP contribution is 2.50. The van der Waals surface area contributed by atoms with E-state index in [4.69, 9.17) is 4.74 Å². The van der Waals surface area contributed by atoms with E-state index in [1.165, 1.54) is 38.2 Å². The summed E-state index contributed by atoms with van der Waals surface area (Å²) in [5.41, 5.74) is 19.3. The lowest BCUT2D eigenvalue weighted by Crippen LogP contribution is -2.16. The maximum absolute atomic E-state index is 7.46. The molecule has 0 fully saturated rings. The molecule has 0 saturated heterocycles. The molecule has 6 heteroatoms. The van der Waals surface area contributed by atoms with Crippen LogP contribution in [0.4, 0.5) is 85.3 Å². The van der Waals surface area contributed by atoms with Crippen molar-refractivity contribution in [3.05, 3.63) is 406 Å². The Bertz CT molecular complexity index is 4940. The Kier molecular flexibility index (Phi) is 16.7. The Balaban J connectivity index is 0.933. The van der Waals surface area contributed by atoms with Crippen molar-refractivity contribution in [3.8, 4) is 33.8 Å². The van der Waals surface area contributed by atoms with Crippen LogP contribution in [-0.2, 0) is 0 Å². The molecule has 0 aliphatic heterocycles. The average Bonchev–Trinajstić information content (AvgIpc) is 0.761. The van der Waals surface area contributed by atoms with E-state index >= 15 is 0 Å². The number of hydrogen-bond donors (Lipinski definition) is 0. The molecular formula is C92H67N5O. The quantitative estimate of drug-likeness (QED) is 0.0749. The summed E-state index contributed by atoms with van der Waals surface area (Å²) in [5.74, 6) is 1.31. The summed E-state index contributed by atoms with van der Waals surface area (Å²) in [6.07, 6.45) is 0. The maximum atomic E-state index is 7.46. The predicted octanol–water partition coefficient (Wildman–Crippen LogP) is 26.5. The minimum absolute atomic E-state index is 0.652. The molecule has 16 rings (SSSR count). The Morgan fingerprint density at radius 3 is 0.673 bits per heavy atom. The number of benzene rings is 16. The van der Waals surface area contributed by atoms with E-state index in [0.29, 0.717) is 11.5 Å². The zero-order chi connectivity index (χ0) is 65.4. The van der Waals surface area contributed by atoms with Crippen LogP contribution in [0.5, 0.6) is 11.5 Å². The van der Waals surface area contributed by atoms with Crippen LogP contribution in [0, 0.1) is 0 Å². The molecule has 0 amide bonds. The van der Waals surface area contributed by atoms with E-state index < -0.39 is 0 Å². The highest BCUT2D eigenvalue weighted by molar-refractivity contribution is 6.21. The largest absolute Gasteiger partial charge is 0.457 e. The topological polar surface area (TPSA) is 25.4 Å². The number of anilines is 15. The lowest BCUT2D eigenvalue weighted by Gasteiger charge is -2.33. The lowest BCUT2D eigenvalue weighted by molar-refractivity contribution is 0.483. The third kappa shape index (κ3) is 12.2. The first-order valence-electron chi connectivity index (χ1n) is 33.2. The van der Waals surface area contributed by atoms with Gasteiger partial charge in [0.15, 0.2) is 0 Å². The molecule has 0 atom stereocenters. The number of rotatable bonds is 19. The molecular weight excluding hydrogens is 1190 g/mol. The number of ether oxygens (including phenoxy) is 1. The third-order valence-electron chi connectivity index (χ3n) is 17.9. The number of hydrogen-bond acceptors (Lipinski definition) is 6. The summed E-state index contributed by atoms with van der Waals surface area (Å²) in [4.78, 5) is 11.7. The molecule has 0 aliphatic carbocycles. The van der Waals surface area contributed by atoms with Gasteiger partial charge in [0.05, 0.1) is 28.4 Å². The maximum Gasteiger partial charge on any atom is 0.131 e. The van der Waals surface area contributed by atoms with Crippen LogP contribution < -0.4 is 29.2 Å². The van der Waals surface area contributed by atoms with Gasteiger partial charge in [0.1, 0.15) is 11.5 Å². The predicted molar refractivity (Wildman–Crippen MR) is 412 cm³/mol. The lowest BCUT2D eigenvalue weighted by atomic mass is 9.86. The molecule has 0 aromatic heterocycles. The molecule has 0 bridgehead atoms. The second-order valence-corrected chi connectivity index (χ2v) is 24.1. The molecule has 16 aromatic rings. The van der Waals surface area contributed by atoms with Crippen molar-refractivity contribution >= 4 is 107 Å². The van der Waals surface area contributed by atoms with Crippen molar-refractivity contribution in [1.29, 1.82) is 0 Å². The van der Waals surface area contributed by atoms with Crippen LogP contribution in [0.2, 0.25) is 0 Å². The van der Waals surface area contributed by atoms with Crippen LogP contribution >= 0.6 is 0 Å². The fourth-order valence-electron chi connectivity index (χ4n) is 13.7. The smallest absolute Gasteiger partial charge is 0.131 e. The molecule has 466 valence electrons. The zero-order valence-corrected chi connectivity index (χ0v) is 53.8. The summed E-state index contributed by atoms with van der Waals surface area (Å²) in [6, 6.07) is 145. The van der Waals surface area contributed by atoms with E-state index in [1.807, 2.05) is 0 Å². The number of fused-ring (bicyclic) bond motifs is 2. The summed E-state index contributed by atoms with van der Waals surface area (Å²) in [7, 11) is 0. The molecule has 98 heavy (non-hydrogen) atoms. The van der Waals surface area contributed by atoms with E-state index in [9.17, 15) is 0 Å². The van der Waals surface area contributed by atoms with Crippen molar-refractivity contribution < 1.29 is 4.74 Å². The van der Waals surface area contributed by atoms with Gasteiger partial charge in [0.25, 0.3) is 0 Å². The van der Waals surface area contributed by atoms with Gasteiger partial charge in [-0.3, -0.25) is 0 Å². The molecule has 0 radical (unpaired) electrons. The van der Waals surface area contributed by atoms with Crippen molar-refractivity contribution in [1.82, 2.24) is 0 Å². The fourth-order valence-corrected chi connectivity index (χ4v) is 13.7. The van der Waals surface area contributed by atoms with Crippen LogP contribution in [-0.4, -0.2) is 0 Å². The first kappa shape index (κ1) is 59.8. The van der Waals surface area contributed by atoms with Crippen molar-refractivity contribution in [3.63, 3.8) is 0 Å². The second-order valence-electron chi connectivity index (χ2n) is 24.1. The van der Waals surface area contributed by atoms with Gasteiger partial charge in [0.2, 0.25) is 0 Å². The minimum atomic E-state index is 0.652. The molecule has 0 saturated carbocycles. The molecule has 0 aliphatic rings. The van der Waals surface area contributed by atoms with Crippen molar-refractivity contribution in [2.45, 2.75) is 0 Å². The molecule has 0 heterocycles. The Morgan fingerprint density at radius 2 is 0.357 bits per heavy atom. The van der Waals surface area contributed by atoms with Gasteiger partial charge in [-0.2, -0.15) is 0 Å². The normalized spacial score (nSPS) is 11.1. The van der Waals surface area contributed by atoms with Gasteiger partial charge in [0, 0.05) is 75.1 Å². The number of nitrogens with zero attached hydrogens (tertiary/aromatic N) is 5. The van der Waals surface area contributed by atoms with Crippen LogP contribution in [0.15, 0.2) is 406 Å². The van der Waals surface area contributed by atoms with E-state index in [2.05, 4.69) is 431 Å². The van der Waals surface area contributed by atoms with E-state index in [0.717, 1.165) is 90.9 Å². The minimum Gasteiger partial charge on any atom is -0.457 e. The summed E-state index contributed by atoms with van der Waals surface area (Å²) in [5, 5.41) is 4.74. The SMILES string of the molecule is c1ccc(-c2c3ccccc3c(-c3cccc(N(c4cccc(Oc5cc(N(c6ccccc6)c6ccccc6)cc(N(c6ccccc6)c6ccccc6)c5)c4)c4cc(N(c5ccccc5)c5ccccc5)cc(N(c5ccccc5)c5ccccc5)c4)c3)c3ccccc23)cc1. The van der Waals surface area contributed by atoms with E-state index in [1.54, 1.807) is 0 Å².